The van der Waals surface area contributed by atoms with E-state index in [1.165, 1.54) is 11.3 Å². The summed E-state index contributed by atoms with van der Waals surface area (Å²) >= 11 is 1.37. The van der Waals surface area contributed by atoms with Crippen molar-refractivity contribution in [2.24, 2.45) is 11.7 Å². The highest BCUT2D eigenvalue weighted by Gasteiger charge is 2.24. The third kappa shape index (κ3) is 4.98. The first-order chi connectivity index (χ1) is 9.58. The zero-order chi connectivity index (χ0) is 14.5. The van der Waals surface area contributed by atoms with Crippen molar-refractivity contribution in [3.05, 3.63) is 22.4 Å². The van der Waals surface area contributed by atoms with Gasteiger partial charge in [0, 0.05) is 19.1 Å². The molecule has 0 saturated carbocycles. The van der Waals surface area contributed by atoms with Crippen LogP contribution in [0.1, 0.15) is 29.4 Å². The Morgan fingerprint density at radius 1 is 1.48 bits per heavy atom. The van der Waals surface area contributed by atoms with Crippen LogP contribution in [0.3, 0.4) is 0 Å². The highest BCUT2D eigenvalue weighted by atomic mass is 35.5. The smallest absolute Gasteiger partial charge is 0.261 e. The van der Waals surface area contributed by atoms with Crippen LogP contribution < -0.4 is 11.1 Å². The van der Waals surface area contributed by atoms with Crippen LogP contribution in [0.25, 0.3) is 0 Å². The van der Waals surface area contributed by atoms with Crippen LogP contribution in [0.15, 0.2) is 17.5 Å². The Hall–Kier alpha value is -1.11. The topological polar surface area (TPSA) is 75.4 Å². The number of thiophene rings is 1. The summed E-state index contributed by atoms with van der Waals surface area (Å²) in [5, 5.41) is 4.51. The van der Waals surface area contributed by atoms with Crippen LogP contribution in [-0.2, 0) is 4.79 Å². The van der Waals surface area contributed by atoms with Gasteiger partial charge in [-0.25, -0.2) is 0 Å². The maximum Gasteiger partial charge on any atom is 0.261 e. The van der Waals surface area contributed by atoms with Crippen molar-refractivity contribution < 1.29 is 9.59 Å². The highest BCUT2D eigenvalue weighted by Crippen LogP contribution is 2.19. The Bertz CT molecular complexity index is 457. The molecule has 1 aromatic heterocycles. The number of carbonyl (C=O) groups excluding carboxylic acids is 2. The van der Waals surface area contributed by atoms with Gasteiger partial charge in [0.2, 0.25) is 5.91 Å². The van der Waals surface area contributed by atoms with Crippen molar-refractivity contribution in [1.29, 1.82) is 0 Å². The molecule has 0 bridgehead atoms. The first-order valence-corrected chi connectivity index (χ1v) is 7.81. The van der Waals surface area contributed by atoms with Crippen LogP contribution in [0, 0.1) is 5.92 Å². The van der Waals surface area contributed by atoms with E-state index in [0.717, 1.165) is 25.9 Å². The van der Waals surface area contributed by atoms with Gasteiger partial charge in [-0.05, 0) is 37.1 Å². The summed E-state index contributed by atoms with van der Waals surface area (Å²) in [5.41, 5.74) is 5.88. The van der Waals surface area contributed by atoms with Gasteiger partial charge in [-0.1, -0.05) is 6.07 Å². The van der Waals surface area contributed by atoms with Gasteiger partial charge in [-0.3, -0.25) is 9.59 Å². The van der Waals surface area contributed by atoms with E-state index in [0.29, 0.717) is 10.8 Å². The molecule has 2 rings (SSSR count). The van der Waals surface area contributed by atoms with E-state index < -0.39 is 0 Å². The Morgan fingerprint density at radius 3 is 2.67 bits per heavy atom. The minimum absolute atomic E-state index is 0. The van der Waals surface area contributed by atoms with Gasteiger partial charge in [0.1, 0.15) is 0 Å². The molecule has 0 aliphatic carbocycles. The molecule has 1 atom stereocenters. The summed E-state index contributed by atoms with van der Waals surface area (Å²) in [5.74, 6) is 0.302. The fourth-order valence-corrected chi connectivity index (χ4v) is 3.08. The van der Waals surface area contributed by atoms with Gasteiger partial charge in [-0.2, -0.15) is 0 Å². The van der Waals surface area contributed by atoms with Crippen molar-refractivity contribution in [2.75, 3.05) is 19.6 Å². The van der Waals surface area contributed by atoms with Gasteiger partial charge in [-0.15, -0.1) is 23.7 Å². The lowest BCUT2D eigenvalue weighted by Crippen LogP contribution is -2.46. The quantitative estimate of drug-likeness (QED) is 0.877. The largest absolute Gasteiger partial charge is 0.342 e. The van der Waals surface area contributed by atoms with Crippen LogP contribution in [-0.4, -0.2) is 42.4 Å². The molecule has 1 saturated heterocycles. The molecule has 7 heteroatoms. The Morgan fingerprint density at radius 2 is 2.14 bits per heavy atom. The molecular formula is C14H22ClN3O2S. The number of rotatable bonds is 4. The molecule has 3 N–H and O–H groups in total. The average Bonchev–Trinajstić information content (AvgIpc) is 2.98. The second kappa shape index (κ2) is 8.36. The number of halogens is 1. The van der Waals surface area contributed by atoms with Gasteiger partial charge >= 0.3 is 0 Å². The van der Waals surface area contributed by atoms with Gasteiger partial charge in [0.05, 0.1) is 11.4 Å². The maximum atomic E-state index is 12.0. The molecular weight excluding hydrogens is 310 g/mol. The Balaban J connectivity index is 0.00000220. The second-order valence-electron chi connectivity index (χ2n) is 5.24. The molecule has 1 aliphatic heterocycles. The third-order valence-electron chi connectivity index (χ3n) is 3.78. The fourth-order valence-electron chi connectivity index (χ4n) is 2.44. The minimum Gasteiger partial charge on any atom is -0.342 e. The number of likely N-dealkylation sites (tertiary alicyclic amines) is 1. The minimum atomic E-state index is -0.182. The molecule has 2 heterocycles. The number of hydrogen-bond acceptors (Lipinski definition) is 4. The first-order valence-electron chi connectivity index (χ1n) is 6.93. The van der Waals surface area contributed by atoms with Crippen molar-refractivity contribution in [2.45, 2.75) is 25.8 Å². The Labute approximate surface area is 135 Å². The van der Waals surface area contributed by atoms with Gasteiger partial charge in [0.25, 0.3) is 5.91 Å². The van der Waals surface area contributed by atoms with E-state index >= 15 is 0 Å². The summed E-state index contributed by atoms with van der Waals surface area (Å²) < 4.78 is 0. The maximum absolute atomic E-state index is 12.0. The number of nitrogens with two attached hydrogens (primary N) is 1. The van der Waals surface area contributed by atoms with Gasteiger partial charge in [0.15, 0.2) is 0 Å². The number of piperidine rings is 1. The van der Waals surface area contributed by atoms with E-state index in [2.05, 4.69) is 5.32 Å². The molecule has 1 aliphatic rings. The number of nitrogens with one attached hydrogen (secondary N) is 1. The predicted octanol–water partition coefficient (Wildman–Crippen LogP) is 1.49. The fraction of sp³-hybridized carbons (Fsp3) is 0.571. The number of hydrogen-bond donors (Lipinski definition) is 2. The monoisotopic (exact) mass is 331 g/mol. The highest BCUT2D eigenvalue weighted by molar-refractivity contribution is 7.12. The summed E-state index contributed by atoms with van der Waals surface area (Å²) in [6.07, 6.45) is 1.89. The normalized spacial score (nSPS) is 17.0. The summed E-state index contributed by atoms with van der Waals surface area (Å²) in [6.45, 7) is 3.56. The van der Waals surface area contributed by atoms with Gasteiger partial charge < -0.3 is 16.0 Å². The molecule has 0 radical (unpaired) electrons. The van der Waals surface area contributed by atoms with Crippen molar-refractivity contribution in [1.82, 2.24) is 10.2 Å². The molecule has 21 heavy (non-hydrogen) atoms. The predicted molar refractivity (Wildman–Crippen MR) is 86.9 cm³/mol. The lowest BCUT2D eigenvalue weighted by atomic mass is 9.91. The zero-order valence-electron chi connectivity index (χ0n) is 12.1. The third-order valence-corrected chi connectivity index (χ3v) is 4.65. The SMILES string of the molecule is CC(N)C1CCN(C(=O)CNC(=O)c2cccs2)CC1.Cl. The number of amides is 2. The molecule has 5 nitrogen and oxygen atoms in total. The van der Waals surface area contributed by atoms with E-state index in [9.17, 15) is 9.59 Å². The molecule has 1 fully saturated rings. The second-order valence-corrected chi connectivity index (χ2v) is 6.19. The van der Waals surface area contributed by atoms with Crippen LogP contribution in [0.2, 0.25) is 0 Å². The Kier molecular flexibility index (Phi) is 7.14. The summed E-state index contributed by atoms with van der Waals surface area (Å²) in [7, 11) is 0. The van der Waals surface area contributed by atoms with Crippen molar-refractivity contribution in [3.8, 4) is 0 Å². The lowest BCUT2D eigenvalue weighted by molar-refractivity contribution is -0.131. The average molecular weight is 332 g/mol. The van der Waals surface area contributed by atoms with Crippen molar-refractivity contribution >= 4 is 35.6 Å². The lowest BCUT2D eigenvalue weighted by Gasteiger charge is -2.33. The number of nitrogens with zero attached hydrogens (tertiary/aromatic N) is 1. The standard InChI is InChI=1S/C14H21N3O2S.ClH/c1-10(15)11-4-6-17(7-5-11)13(18)9-16-14(19)12-3-2-8-20-12;/h2-3,8,10-11H,4-7,9,15H2,1H3,(H,16,19);1H. The molecule has 2 amide bonds. The molecule has 1 aromatic rings. The summed E-state index contributed by atoms with van der Waals surface area (Å²) in [6, 6.07) is 3.75. The van der Waals surface area contributed by atoms with E-state index in [1.54, 1.807) is 6.07 Å². The number of carbonyl (C=O) groups is 2. The van der Waals surface area contributed by atoms with E-state index in [4.69, 9.17) is 5.73 Å². The van der Waals surface area contributed by atoms with E-state index in [1.807, 2.05) is 23.3 Å². The zero-order valence-corrected chi connectivity index (χ0v) is 13.7. The summed E-state index contributed by atoms with van der Waals surface area (Å²) in [4.78, 5) is 26.2. The molecule has 118 valence electrons. The van der Waals surface area contributed by atoms with Crippen LogP contribution in [0.4, 0.5) is 0 Å². The van der Waals surface area contributed by atoms with E-state index in [-0.39, 0.29) is 36.8 Å². The molecule has 0 aromatic carbocycles. The van der Waals surface area contributed by atoms with Crippen LogP contribution >= 0.6 is 23.7 Å². The van der Waals surface area contributed by atoms with Crippen LogP contribution in [0.5, 0.6) is 0 Å². The first kappa shape index (κ1) is 17.9. The van der Waals surface area contributed by atoms with Crippen molar-refractivity contribution in [3.63, 3.8) is 0 Å². The molecule has 0 spiro atoms. The molecule has 1 unspecified atom stereocenters.